The number of benzene rings is 2. The van der Waals surface area contributed by atoms with Crippen molar-refractivity contribution in [3.8, 4) is 5.75 Å². The standard InChI is InChI=1S/C18H21ClN2O2/c1-13-5-3-4-6-14(13)12-20-10-9-18(22)21-16-11-15(19)7-8-17(16)23-2/h3-8,11,20H,9-10,12H2,1-2H3,(H,21,22). The molecule has 0 heterocycles. The molecule has 0 aromatic heterocycles. The number of hydrogen-bond acceptors (Lipinski definition) is 3. The fraction of sp³-hybridized carbons (Fsp3) is 0.278. The lowest BCUT2D eigenvalue weighted by atomic mass is 10.1. The lowest BCUT2D eigenvalue weighted by molar-refractivity contribution is -0.116. The van der Waals surface area contributed by atoms with Gasteiger partial charge in [-0.05, 0) is 36.2 Å². The zero-order valence-corrected chi connectivity index (χ0v) is 14.1. The van der Waals surface area contributed by atoms with Crippen molar-refractivity contribution >= 4 is 23.2 Å². The van der Waals surface area contributed by atoms with Gasteiger partial charge in [-0.2, -0.15) is 0 Å². The molecule has 2 rings (SSSR count). The van der Waals surface area contributed by atoms with E-state index in [-0.39, 0.29) is 5.91 Å². The maximum absolute atomic E-state index is 12.0. The molecule has 2 aromatic carbocycles. The molecule has 0 radical (unpaired) electrons. The SMILES string of the molecule is COc1ccc(Cl)cc1NC(=O)CCNCc1ccccc1C. The second-order valence-corrected chi connectivity index (χ2v) is 5.68. The summed E-state index contributed by atoms with van der Waals surface area (Å²) < 4.78 is 5.21. The van der Waals surface area contributed by atoms with E-state index in [1.54, 1.807) is 25.3 Å². The summed E-state index contributed by atoms with van der Waals surface area (Å²) in [5.74, 6) is 0.512. The second kappa shape index (κ2) is 8.56. The number of amides is 1. The van der Waals surface area contributed by atoms with Gasteiger partial charge in [0.25, 0.3) is 0 Å². The lowest BCUT2D eigenvalue weighted by Crippen LogP contribution is -2.22. The molecule has 0 aliphatic heterocycles. The van der Waals surface area contributed by atoms with Gasteiger partial charge in [0.15, 0.2) is 0 Å². The first-order chi connectivity index (χ1) is 11.1. The van der Waals surface area contributed by atoms with Crippen LogP contribution in [0.3, 0.4) is 0 Å². The summed E-state index contributed by atoms with van der Waals surface area (Å²) in [6, 6.07) is 13.3. The molecule has 0 aliphatic rings. The smallest absolute Gasteiger partial charge is 0.225 e. The van der Waals surface area contributed by atoms with E-state index in [4.69, 9.17) is 16.3 Å². The molecule has 0 spiro atoms. The summed E-state index contributed by atoms with van der Waals surface area (Å²) >= 11 is 5.95. The third-order valence-electron chi connectivity index (χ3n) is 3.54. The molecule has 0 saturated carbocycles. The third-order valence-corrected chi connectivity index (χ3v) is 3.78. The number of hydrogen-bond donors (Lipinski definition) is 2. The first-order valence-corrected chi connectivity index (χ1v) is 7.86. The molecular formula is C18H21ClN2O2. The molecule has 5 heteroatoms. The Balaban J connectivity index is 1.80. The Kier molecular flexibility index (Phi) is 6.44. The van der Waals surface area contributed by atoms with Gasteiger partial charge >= 0.3 is 0 Å². The van der Waals surface area contributed by atoms with Crippen LogP contribution in [-0.4, -0.2) is 19.6 Å². The summed E-state index contributed by atoms with van der Waals surface area (Å²) in [5, 5.41) is 6.66. The Morgan fingerprint density at radius 3 is 2.74 bits per heavy atom. The zero-order valence-electron chi connectivity index (χ0n) is 13.4. The van der Waals surface area contributed by atoms with Gasteiger partial charge < -0.3 is 15.4 Å². The Bertz CT molecular complexity index is 674. The van der Waals surface area contributed by atoms with Crippen LogP contribution >= 0.6 is 11.6 Å². The molecule has 122 valence electrons. The van der Waals surface area contributed by atoms with Gasteiger partial charge in [0.1, 0.15) is 5.75 Å². The molecule has 1 amide bonds. The van der Waals surface area contributed by atoms with Crippen LogP contribution in [0.1, 0.15) is 17.5 Å². The van der Waals surface area contributed by atoms with Crippen LogP contribution in [0.5, 0.6) is 5.75 Å². The molecule has 2 aromatic rings. The number of aryl methyl sites for hydroxylation is 1. The molecule has 4 nitrogen and oxygen atoms in total. The van der Waals surface area contributed by atoms with Crippen LogP contribution in [0.2, 0.25) is 5.02 Å². The Hall–Kier alpha value is -2.04. The van der Waals surface area contributed by atoms with Crippen LogP contribution in [0, 0.1) is 6.92 Å². The highest BCUT2D eigenvalue weighted by atomic mass is 35.5. The first-order valence-electron chi connectivity index (χ1n) is 7.49. The van der Waals surface area contributed by atoms with Gasteiger partial charge in [0, 0.05) is 24.5 Å². The molecule has 0 unspecified atom stereocenters. The van der Waals surface area contributed by atoms with Gasteiger partial charge in [-0.15, -0.1) is 0 Å². The van der Waals surface area contributed by atoms with E-state index in [0.29, 0.717) is 29.4 Å². The number of carbonyl (C=O) groups is 1. The van der Waals surface area contributed by atoms with Crippen LogP contribution in [-0.2, 0) is 11.3 Å². The van der Waals surface area contributed by atoms with Crippen molar-refractivity contribution in [1.82, 2.24) is 5.32 Å². The van der Waals surface area contributed by atoms with Gasteiger partial charge in [0.2, 0.25) is 5.91 Å². The molecule has 0 saturated heterocycles. The Morgan fingerprint density at radius 1 is 1.22 bits per heavy atom. The molecule has 23 heavy (non-hydrogen) atoms. The summed E-state index contributed by atoms with van der Waals surface area (Å²) in [7, 11) is 1.56. The number of rotatable bonds is 7. The molecule has 2 N–H and O–H groups in total. The number of anilines is 1. The van der Waals surface area contributed by atoms with E-state index in [0.717, 1.165) is 6.54 Å². The highest BCUT2D eigenvalue weighted by Crippen LogP contribution is 2.27. The van der Waals surface area contributed by atoms with E-state index in [9.17, 15) is 4.79 Å². The van der Waals surface area contributed by atoms with Crippen LogP contribution in [0.15, 0.2) is 42.5 Å². The fourth-order valence-corrected chi connectivity index (χ4v) is 2.40. The maximum Gasteiger partial charge on any atom is 0.225 e. The van der Waals surface area contributed by atoms with E-state index in [1.165, 1.54) is 11.1 Å². The van der Waals surface area contributed by atoms with Gasteiger partial charge in [-0.1, -0.05) is 35.9 Å². The van der Waals surface area contributed by atoms with Crippen LogP contribution in [0.4, 0.5) is 5.69 Å². The summed E-state index contributed by atoms with van der Waals surface area (Å²) in [4.78, 5) is 12.0. The minimum atomic E-state index is -0.0807. The van der Waals surface area contributed by atoms with Crippen LogP contribution < -0.4 is 15.4 Å². The van der Waals surface area contributed by atoms with Gasteiger partial charge in [-0.3, -0.25) is 4.79 Å². The number of carbonyl (C=O) groups excluding carboxylic acids is 1. The van der Waals surface area contributed by atoms with Gasteiger partial charge in [0.05, 0.1) is 12.8 Å². The minimum Gasteiger partial charge on any atom is -0.495 e. The molecule has 0 aliphatic carbocycles. The van der Waals surface area contributed by atoms with Crippen molar-refractivity contribution < 1.29 is 9.53 Å². The number of nitrogens with one attached hydrogen (secondary N) is 2. The van der Waals surface area contributed by atoms with E-state index in [1.807, 2.05) is 12.1 Å². The predicted octanol–water partition coefficient (Wildman–Crippen LogP) is 3.78. The highest BCUT2D eigenvalue weighted by Gasteiger charge is 2.08. The third kappa shape index (κ3) is 5.27. The first kappa shape index (κ1) is 17.3. The van der Waals surface area contributed by atoms with E-state index in [2.05, 4.69) is 29.7 Å². The minimum absolute atomic E-state index is 0.0807. The maximum atomic E-state index is 12.0. The topological polar surface area (TPSA) is 50.4 Å². The van der Waals surface area contributed by atoms with Crippen LogP contribution in [0.25, 0.3) is 0 Å². The Labute approximate surface area is 141 Å². The lowest BCUT2D eigenvalue weighted by Gasteiger charge is -2.11. The van der Waals surface area contributed by atoms with E-state index >= 15 is 0 Å². The Morgan fingerprint density at radius 2 is 2.00 bits per heavy atom. The van der Waals surface area contributed by atoms with Crippen molar-refractivity contribution in [2.24, 2.45) is 0 Å². The number of methoxy groups -OCH3 is 1. The zero-order chi connectivity index (χ0) is 16.7. The molecular weight excluding hydrogens is 312 g/mol. The largest absolute Gasteiger partial charge is 0.495 e. The number of halogens is 1. The highest BCUT2D eigenvalue weighted by molar-refractivity contribution is 6.31. The van der Waals surface area contributed by atoms with Gasteiger partial charge in [-0.25, -0.2) is 0 Å². The fourth-order valence-electron chi connectivity index (χ4n) is 2.22. The normalized spacial score (nSPS) is 10.4. The number of ether oxygens (including phenoxy) is 1. The van der Waals surface area contributed by atoms with E-state index < -0.39 is 0 Å². The quantitative estimate of drug-likeness (QED) is 0.759. The average molecular weight is 333 g/mol. The molecule has 0 atom stereocenters. The average Bonchev–Trinajstić information content (AvgIpc) is 2.53. The van der Waals surface area contributed by atoms with Crippen molar-refractivity contribution in [3.05, 3.63) is 58.6 Å². The monoisotopic (exact) mass is 332 g/mol. The predicted molar refractivity (Wildman–Crippen MR) is 94.1 cm³/mol. The summed E-state index contributed by atoms with van der Waals surface area (Å²) in [5.41, 5.74) is 3.07. The summed E-state index contributed by atoms with van der Waals surface area (Å²) in [6.45, 7) is 3.43. The van der Waals surface area contributed by atoms with Crippen molar-refractivity contribution in [2.75, 3.05) is 19.0 Å². The summed E-state index contributed by atoms with van der Waals surface area (Å²) in [6.07, 6.45) is 0.377. The van der Waals surface area contributed by atoms with Crippen molar-refractivity contribution in [1.29, 1.82) is 0 Å². The van der Waals surface area contributed by atoms with Crippen molar-refractivity contribution in [3.63, 3.8) is 0 Å². The second-order valence-electron chi connectivity index (χ2n) is 5.25. The van der Waals surface area contributed by atoms with Crippen molar-refractivity contribution in [2.45, 2.75) is 19.9 Å². The molecule has 0 fully saturated rings. The molecule has 0 bridgehead atoms.